The Kier molecular flexibility index (Phi) is 6.35. The highest BCUT2D eigenvalue weighted by Crippen LogP contribution is 2.22. The van der Waals surface area contributed by atoms with E-state index in [-0.39, 0.29) is 5.56 Å². The number of hydrogen-bond acceptors (Lipinski definition) is 5. The third-order valence-electron chi connectivity index (χ3n) is 2.45. The van der Waals surface area contributed by atoms with Crippen LogP contribution in [0, 0.1) is 0 Å². The number of halogens is 3. The number of aliphatic hydroxyl groups excluding tert-OH is 1. The maximum absolute atomic E-state index is 12.0. The molecule has 0 saturated heterocycles. The fraction of sp³-hybridized carbons (Fsp3) is 0.250. The summed E-state index contributed by atoms with van der Waals surface area (Å²) >= 11 is 0. The second kappa shape index (κ2) is 8.01. The summed E-state index contributed by atoms with van der Waals surface area (Å²) in [7, 11) is 0. The zero-order valence-electron chi connectivity index (χ0n) is 11.8. The summed E-state index contributed by atoms with van der Waals surface area (Å²) in [4.78, 5) is 33.6. The van der Waals surface area contributed by atoms with E-state index < -0.39 is 42.7 Å². The summed E-state index contributed by atoms with van der Waals surface area (Å²) < 4.78 is 39.6. The molecule has 0 heterocycles. The number of rotatable bonds is 5. The Morgan fingerprint density at radius 2 is 1.71 bits per heavy atom. The molecule has 1 rings (SSSR count). The average molecular weight is 351 g/mol. The number of amides is 3. The number of aliphatic hydroxyl groups is 1. The van der Waals surface area contributed by atoms with E-state index in [1.807, 2.05) is 10.9 Å². The first-order chi connectivity index (χ1) is 11.1. The minimum absolute atomic E-state index is 0.100. The lowest BCUT2D eigenvalue weighted by molar-refractivity contribution is -0.274. The first kappa shape index (κ1) is 19.0. The zero-order chi connectivity index (χ0) is 18.3. The van der Waals surface area contributed by atoms with Crippen LogP contribution < -0.4 is 20.9 Å². The summed E-state index contributed by atoms with van der Waals surface area (Å²) in [6.07, 6.45) is -6.43. The lowest BCUT2D eigenvalue weighted by atomic mass is 10.2. The molecule has 24 heavy (non-hydrogen) atoms. The van der Waals surface area contributed by atoms with E-state index in [2.05, 4.69) is 4.74 Å². The molecule has 1 aromatic carbocycles. The smallest absolute Gasteiger partial charge is 0.465 e. The number of alkyl halides is 3. The van der Waals surface area contributed by atoms with Crippen molar-refractivity contribution < 1.29 is 42.5 Å². The molecule has 0 radical (unpaired) electrons. The maximum Gasteiger partial charge on any atom is 0.573 e. The minimum atomic E-state index is -4.87. The van der Waals surface area contributed by atoms with Gasteiger partial charge in [-0.3, -0.25) is 20.4 Å². The van der Waals surface area contributed by atoms with Gasteiger partial charge in [-0.05, 0) is 24.3 Å². The van der Waals surface area contributed by atoms with Gasteiger partial charge in [0.2, 0.25) is 0 Å². The third-order valence-corrected chi connectivity index (χ3v) is 2.45. The Labute approximate surface area is 132 Å². The molecule has 132 valence electrons. The van der Waals surface area contributed by atoms with Crippen molar-refractivity contribution in [2.45, 2.75) is 12.4 Å². The van der Waals surface area contributed by atoms with Gasteiger partial charge >= 0.3 is 12.5 Å². The second-order valence-corrected chi connectivity index (χ2v) is 4.20. The molecular weight excluding hydrogens is 339 g/mol. The lowest BCUT2D eigenvalue weighted by Gasteiger charge is -2.14. The number of carbonyl (C=O) groups is 3. The van der Waals surface area contributed by atoms with E-state index >= 15 is 0 Å². The Balaban J connectivity index is 2.59. The van der Waals surface area contributed by atoms with Crippen molar-refractivity contribution in [1.82, 2.24) is 16.2 Å². The van der Waals surface area contributed by atoms with Crippen molar-refractivity contribution >= 4 is 17.9 Å². The predicted molar refractivity (Wildman–Crippen MR) is 70.8 cm³/mol. The van der Waals surface area contributed by atoms with Crippen molar-refractivity contribution in [3.63, 3.8) is 0 Å². The van der Waals surface area contributed by atoms with Gasteiger partial charge in [0, 0.05) is 5.56 Å². The van der Waals surface area contributed by atoms with Crippen LogP contribution in [0.4, 0.5) is 18.0 Å². The summed E-state index contributed by atoms with van der Waals surface area (Å²) in [5.41, 5.74) is 3.66. The molecule has 1 aromatic rings. The van der Waals surface area contributed by atoms with E-state index in [1.165, 1.54) is 0 Å². The number of hydrogen-bond donors (Lipinski definition) is 5. The molecule has 0 aliphatic heterocycles. The van der Waals surface area contributed by atoms with Crippen LogP contribution in [0.25, 0.3) is 0 Å². The van der Waals surface area contributed by atoms with Crippen LogP contribution in [-0.4, -0.2) is 47.1 Å². The van der Waals surface area contributed by atoms with Gasteiger partial charge < -0.3 is 20.3 Å². The van der Waals surface area contributed by atoms with Crippen molar-refractivity contribution in [1.29, 1.82) is 0 Å². The molecule has 1 unspecified atom stereocenters. The van der Waals surface area contributed by atoms with Crippen LogP contribution >= 0.6 is 0 Å². The van der Waals surface area contributed by atoms with E-state index in [9.17, 15) is 27.6 Å². The lowest BCUT2D eigenvalue weighted by Crippen LogP contribution is -2.53. The number of carbonyl (C=O) groups excluding carboxylic acids is 2. The quantitative estimate of drug-likeness (QED) is 0.473. The Bertz CT molecular complexity index is 605. The minimum Gasteiger partial charge on any atom is -0.465 e. The standard InChI is InChI=1S/C12H12F3N3O6/c13-12(14,15)24-7-3-1-6(2-4-7)9(20)17-18-10(21)8(5-19)16-11(22)23/h1-4,8,16,19H,5H2,(H,17,20)(H,18,21)(H,22,23). The highest BCUT2D eigenvalue weighted by atomic mass is 19.4. The van der Waals surface area contributed by atoms with E-state index in [4.69, 9.17) is 10.2 Å². The zero-order valence-corrected chi connectivity index (χ0v) is 11.8. The molecule has 0 bridgehead atoms. The molecule has 12 heteroatoms. The van der Waals surface area contributed by atoms with Crippen LogP contribution in [0.1, 0.15) is 10.4 Å². The van der Waals surface area contributed by atoms with Crippen molar-refractivity contribution in [3.05, 3.63) is 29.8 Å². The van der Waals surface area contributed by atoms with Crippen molar-refractivity contribution in [2.24, 2.45) is 0 Å². The molecular formula is C12H12F3N3O6. The topological polar surface area (TPSA) is 137 Å². The highest BCUT2D eigenvalue weighted by Gasteiger charge is 2.31. The summed E-state index contributed by atoms with van der Waals surface area (Å²) in [5.74, 6) is -2.45. The molecule has 1 atom stereocenters. The predicted octanol–water partition coefficient (Wildman–Crippen LogP) is -0.0253. The number of benzene rings is 1. The van der Waals surface area contributed by atoms with Gasteiger partial charge in [-0.1, -0.05) is 0 Å². The number of carboxylic acid groups (broad SMARTS) is 1. The Morgan fingerprint density at radius 3 is 2.17 bits per heavy atom. The Hall–Kier alpha value is -3.02. The van der Waals surface area contributed by atoms with E-state index in [1.54, 1.807) is 5.32 Å². The summed E-state index contributed by atoms with van der Waals surface area (Å²) in [6.45, 7) is -0.850. The summed E-state index contributed by atoms with van der Waals surface area (Å²) in [5, 5.41) is 19.0. The number of hydrazine groups is 1. The van der Waals surface area contributed by atoms with Crippen molar-refractivity contribution in [2.75, 3.05) is 6.61 Å². The molecule has 5 N–H and O–H groups in total. The van der Waals surface area contributed by atoms with Crippen LogP contribution in [0.3, 0.4) is 0 Å². The number of ether oxygens (including phenoxy) is 1. The van der Waals surface area contributed by atoms with E-state index in [0.29, 0.717) is 0 Å². The van der Waals surface area contributed by atoms with Gasteiger partial charge in [-0.2, -0.15) is 0 Å². The molecule has 3 amide bonds. The van der Waals surface area contributed by atoms with Crippen molar-refractivity contribution in [3.8, 4) is 5.75 Å². The normalized spacial score (nSPS) is 12.0. The first-order valence-corrected chi connectivity index (χ1v) is 6.18. The molecule has 0 aliphatic rings. The average Bonchev–Trinajstić information content (AvgIpc) is 2.48. The van der Waals surface area contributed by atoms with Gasteiger partial charge in [-0.15, -0.1) is 13.2 Å². The monoisotopic (exact) mass is 351 g/mol. The third kappa shape index (κ3) is 6.39. The van der Waals surface area contributed by atoms with Gasteiger partial charge in [0.05, 0.1) is 6.61 Å². The molecule has 0 aliphatic carbocycles. The van der Waals surface area contributed by atoms with Gasteiger partial charge in [-0.25, -0.2) is 4.79 Å². The molecule has 0 aromatic heterocycles. The number of nitrogens with one attached hydrogen (secondary N) is 3. The van der Waals surface area contributed by atoms with Crippen LogP contribution in [0.2, 0.25) is 0 Å². The maximum atomic E-state index is 12.0. The fourth-order valence-electron chi connectivity index (χ4n) is 1.43. The Morgan fingerprint density at radius 1 is 1.12 bits per heavy atom. The van der Waals surface area contributed by atoms with Crippen LogP contribution in [0.5, 0.6) is 5.75 Å². The van der Waals surface area contributed by atoms with Gasteiger partial charge in [0.25, 0.3) is 11.8 Å². The molecule has 0 fully saturated rings. The second-order valence-electron chi connectivity index (χ2n) is 4.20. The summed E-state index contributed by atoms with van der Waals surface area (Å²) in [6, 6.07) is 2.31. The molecule has 9 nitrogen and oxygen atoms in total. The molecule has 0 spiro atoms. The highest BCUT2D eigenvalue weighted by molar-refractivity contribution is 5.96. The van der Waals surface area contributed by atoms with Gasteiger partial charge in [0.1, 0.15) is 11.8 Å². The van der Waals surface area contributed by atoms with E-state index in [0.717, 1.165) is 24.3 Å². The fourth-order valence-corrected chi connectivity index (χ4v) is 1.43. The molecule has 0 saturated carbocycles. The SMILES string of the molecule is O=C(O)NC(CO)C(=O)NNC(=O)c1ccc(OC(F)(F)F)cc1. The largest absolute Gasteiger partial charge is 0.573 e. The van der Waals surface area contributed by atoms with Crippen LogP contribution in [-0.2, 0) is 4.79 Å². The first-order valence-electron chi connectivity index (χ1n) is 6.18. The van der Waals surface area contributed by atoms with Gasteiger partial charge in [0.15, 0.2) is 0 Å². The van der Waals surface area contributed by atoms with Crippen LogP contribution in [0.15, 0.2) is 24.3 Å².